The molecule has 2 aromatic rings. The second kappa shape index (κ2) is 6.96. The van der Waals surface area contributed by atoms with Gasteiger partial charge in [0.15, 0.2) is 0 Å². The molecule has 0 saturated heterocycles. The van der Waals surface area contributed by atoms with Gasteiger partial charge in [0.1, 0.15) is 4.88 Å². The van der Waals surface area contributed by atoms with Crippen LogP contribution in [0.1, 0.15) is 41.6 Å². The van der Waals surface area contributed by atoms with E-state index in [0.717, 1.165) is 23.2 Å². The molecule has 0 radical (unpaired) electrons. The molecule has 0 saturated carbocycles. The molecule has 1 aromatic carbocycles. The number of thiophene rings is 1. The summed E-state index contributed by atoms with van der Waals surface area (Å²) in [6, 6.07) is 9.55. The van der Waals surface area contributed by atoms with Crippen LogP contribution in [0.4, 0.5) is 5.69 Å². The lowest BCUT2D eigenvalue weighted by Crippen LogP contribution is -2.27. The highest BCUT2D eigenvalue weighted by molar-refractivity contribution is 7.12. The van der Waals surface area contributed by atoms with E-state index in [1.165, 1.54) is 11.3 Å². The predicted octanol–water partition coefficient (Wildman–Crippen LogP) is 4.22. The van der Waals surface area contributed by atoms with Crippen LogP contribution in [-0.2, 0) is 17.6 Å². The van der Waals surface area contributed by atoms with Gasteiger partial charge < -0.3 is 10.4 Å². The van der Waals surface area contributed by atoms with Crippen LogP contribution in [0.15, 0.2) is 35.7 Å². The van der Waals surface area contributed by atoms with Gasteiger partial charge >= 0.3 is 5.97 Å². The summed E-state index contributed by atoms with van der Waals surface area (Å²) in [6.45, 7) is 5.61. The Hall–Kier alpha value is -2.14. The molecule has 0 aliphatic carbocycles. The van der Waals surface area contributed by atoms with Crippen molar-refractivity contribution in [2.45, 2.75) is 33.6 Å². The second-order valence-corrected chi connectivity index (χ2v) is 7.40. The zero-order chi connectivity index (χ0) is 17.0. The molecule has 23 heavy (non-hydrogen) atoms. The number of nitrogens with one attached hydrogen (secondary N) is 1. The van der Waals surface area contributed by atoms with Gasteiger partial charge in [0.2, 0.25) is 5.91 Å². The summed E-state index contributed by atoms with van der Waals surface area (Å²) in [6.07, 6.45) is 1.40. The van der Waals surface area contributed by atoms with Gasteiger partial charge in [0, 0.05) is 11.1 Å². The highest BCUT2D eigenvalue weighted by atomic mass is 32.1. The summed E-state index contributed by atoms with van der Waals surface area (Å²) in [7, 11) is 0. The molecule has 0 aliphatic rings. The zero-order valence-corrected chi connectivity index (χ0v) is 14.4. The summed E-state index contributed by atoms with van der Waals surface area (Å²) in [5.41, 5.74) is 2.25. The maximum atomic E-state index is 12.0. The van der Waals surface area contributed by atoms with Gasteiger partial charge in [-0.2, -0.15) is 0 Å². The van der Waals surface area contributed by atoms with E-state index < -0.39 is 11.4 Å². The van der Waals surface area contributed by atoms with Gasteiger partial charge in [-0.3, -0.25) is 4.79 Å². The monoisotopic (exact) mass is 331 g/mol. The van der Waals surface area contributed by atoms with Gasteiger partial charge in [-0.15, -0.1) is 11.3 Å². The summed E-state index contributed by atoms with van der Waals surface area (Å²) in [4.78, 5) is 23.6. The number of aryl methyl sites for hydroxylation is 2. The SMILES string of the molecule is CC(C)(C)C(=O)Nc1cccc(CCc2ccsc2C(=O)O)c1. The van der Waals surface area contributed by atoms with Gasteiger partial charge in [-0.25, -0.2) is 4.79 Å². The maximum absolute atomic E-state index is 12.0. The Labute approximate surface area is 140 Å². The largest absolute Gasteiger partial charge is 0.477 e. The number of carbonyl (C=O) groups excluding carboxylic acids is 1. The first-order valence-corrected chi connectivity index (χ1v) is 8.35. The molecule has 0 bridgehead atoms. The highest BCUT2D eigenvalue weighted by Gasteiger charge is 2.21. The van der Waals surface area contributed by atoms with Crippen LogP contribution in [0.5, 0.6) is 0 Å². The molecular formula is C18H21NO3S. The quantitative estimate of drug-likeness (QED) is 0.862. The molecule has 0 atom stereocenters. The van der Waals surface area contributed by atoms with E-state index in [-0.39, 0.29) is 5.91 Å². The number of rotatable bonds is 5. The van der Waals surface area contributed by atoms with Crippen molar-refractivity contribution in [3.05, 3.63) is 51.7 Å². The minimum Gasteiger partial charge on any atom is -0.477 e. The van der Waals surface area contributed by atoms with Gasteiger partial charge in [0.05, 0.1) is 0 Å². The lowest BCUT2D eigenvalue weighted by atomic mass is 9.95. The Balaban J connectivity index is 2.04. The molecule has 0 spiro atoms. The third kappa shape index (κ3) is 4.66. The molecule has 1 amide bonds. The van der Waals surface area contributed by atoms with E-state index >= 15 is 0 Å². The number of carboxylic acids is 1. The van der Waals surface area contributed by atoms with Crippen molar-refractivity contribution < 1.29 is 14.7 Å². The number of carboxylic acid groups (broad SMARTS) is 1. The van der Waals surface area contributed by atoms with E-state index in [2.05, 4.69) is 5.32 Å². The molecule has 4 nitrogen and oxygen atoms in total. The lowest BCUT2D eigenvalue weighted by Gasteiger charge is -2.18. The number of anilines is 1. The van der Waals surface area contributed by atoms with E-state index in [1.807, 2.05) is 51.1 Å². The van der Waals surface area contributed by atoms with E-state index in [1.54, 1.807) is 5.38 Å². The predicted molar refractivity (Wildman–Crippen MR) is 93.2 cm³/mol. The number of amides is 1. The Kier molecular flexibility index (Phi) is 5.21. The topological polar surface area (TPSA) is 66.4 Å². The van der Waals surface area contributed by atoms with E-state index in [9.17, 15) is 9.59 Å². The molecule has 0 unspecified atom stereocenters. The fourth-order valence-corrected chi connectivity index (χ4v) is 2.91. The summed E-state index contributed by atoms with van der Waals surface area (Å²) < 4.78 is 0. The number of benzene rings is 1. The van der Waals surface area contributed by atoms with Crippen molar-refractivity contribution in [1.82, 2.24) is 0 Å². The van der Waals surface area contributed by atoms with Gasteiger partial charge in [-0.05, 0) is 47.5 Å². The Bertz CT molecular complexity index is 713. The Morgan fingerprint density at radius 3 is 2.57 bits per heavy atom. The van der Waals surface area contributed by atoms with Crippen molar-refractivity contribution in [3.8, 4) is 0 Å². The molecule has 0 fully saturated rings. The van der Waals surface area contributed by atoms with E-state index in [4.69, 9.17) is 5.11 Å². The first-order valence-electron chi connectivity index (χ1n) is 7.47. The number of hydrogen-bond donors (Lipinski definition) is 2. The third-order valence-electron chi connectivity index (χ3n) is 3.49. The maximum Gasteiger partial charge on any atom is 0.346 e. The molecule has 2 N–H and O–H groups in total. The van der Waals surface area contributed by atoms with E-state index in [0.29, 0.717) is 11.3 Å². The molecular weight excluding hydrogens is 310 g/mol. The standard InChI is InChI=1S/C18H21NO3S/c1-18(2,3)17(22)19-14-6-4-5-12(11-14)7-8-13-9-10-23-15(13)16(20)21/h4-6,9-11H,7-8H2,1-3H3,(H,19,22)(H,20,21). The number of hydrogen-bond acceptors (Lipinski definition) is 3. The zero-order valence-electron chi connectivity index (χ0n) is 13.6. The van der Waals surface area contributed by atoms with Crippen molar-refractivity contribution in [2.75, 3.05) is 5.32 Å². The minimum absolute atomic E-state index is 0.0272. The number of aromatic carboxylic acids is 1. The Morgan fingerprint density at radius 1 is 1.17 bits per heavy atom. The first-order chi connectivity index (χ1) is 10.8. The first kappa shape index (κ1) is 17.2. The third-order valence-corrected chi connectivity index (χ3v) is 4.43. The lowest BCUT2D eigenvalue weighted by molar-refractivity contribution is -0.123. The molecule has 0 aliphatic heterocycles. The normalized spacial score (nSPS) is 11.3. The molecule has 5 heteroatoms. The van der Waals surface area contributed by atoms with Crippen LogP contribution in [-0.4, -0.2) is 17.0 Å². The Morgan fingerprint density at radius 2 is 1.91 bits per heavy atom. The number of carbonyl (C=O) groups is 2. The smallest absolute Gasteiger partial charge is 0.346 e. The molecule has 1 aromatic heterocycles. The summed E-state index contributed by atoms with van der Waals surface area (Å²) >= 11 is 1.25. The highest BCUT2D eigenvalue weighted by Crippen LogP contribution is 2.21. The van der Waals surface area contributed by atoms with Crippen molar-refractivity contribution in [2.24, 2.45) is 5.41 Å². The summed E-state index contributed by atoms with van der Waals surface area (Å²) in [5.74, 6) is -0.901. The van der Waals surface area contributed by atoms with Crippen LogP contribution in [0.25, 0.3) is 0 Å². The fourth-order valence-electron chi connectivity index (χ4n) is 2.12. The fraction of sp³-hybridized carbons (Fsp3) is 0.333. The average molecular weight is 331 g/mol. The molecule has 122 valence electrons. The van der Waals surface area contributed by atoms with Gasteiger partial charge in [-0.1, -0.05) is 32.9 Å². The van der Waals surface area contributed by atoms with Crippen LogP contribution in [0, 0.1) is 5.41 Å². The average Bonchev–Trinajstić information content (AvgIpc) is 2.93. The second-order valence-electron chi connectivity index (χ2n) is 6.48. The van der Waals surface area contributed by atoms with Crippen molar-refractivity contribution >= 4 is 28.9 Å². The molecule has 1 heterocycles. The van der Waals surface area contributed by atoms with Crippen LogP contribution in [0.2, 0.25) is 0 Å². The van der Waals surface area contributed by atoms with Crippen LogP contribution < -0.4 is 5.32 Å². The van der Waals surface area contributed by atoms with Crippen LogP contribution in [0.3, 0.4) is 0 Å². The van der Waals surface area contributed by atoms with Gasteiger partial charge in [0.25, 0.3) is 0 Å². The van der Waals surface area contributed by atoms with Crippen LogP contribution >= 0.6 is 11.3 Å². The minimum atomic E-state index is -0.874. The molecule has 2 rings (SSSR count). The summed E-state index contributed by atoms with van der Waals surface area (Å²) in [5, 5.41) is 13.9. The van der Waals surface area contributed by atoms with Crippen molar-refractivity contribution in [3.63, 3.8) is 0 Å². The van der Waals surface area contributed by atoms with Crippen molar-refractivity contribution in [1.29, 1.82) is 0 Å².